The Morgan fingerprint density at radius 3 is 2.46 bits per heavy atom. The maximum atomic E-state index is 6.49. The van der Waals surface area contributed by atoms with Gasteiger partial charge in [-0.15, -0.1) is 0 Å². The molecule has 4 rings (SSSR count). The second-order valence-corrected chi connectivity index (χ2v) is 7.33. The monoisotopic (exact) mass is 400 g/mol. The third-order valence-electron chi connectivity index (χ3n) is 4.82. The van der Waals surface area contributed by atoms with Crippen molar-refractivity contribution in [3.05, 3.63) is 86.9 Å². The molecule has 122 valence electrons. The molecule has 1 atom stereocenters. The van der Waals surface area contributed by atoms with Crippen LogP contribution in [0.15, 0.2) is 59.6 Å². The van der Waals surface area contributed by atoms with Crippen LogP contribution >= 0.6 is 27.5 Å². The number of fused-ring (bicyclic) bond motifs is 1. The predicted octanol–water partition coefficient (Wildman–Crippen LogP) is 5.82. The smallest absolute Gasteiger partial charge is 0.177 e. The van der Waals surface area contributed by atoms with Crippen LogP contribution in [0.2, 0.25) is 5.02 Å². The normalized spacial score (nSPS) is 15.1. The minimum Gasteiger partial charge on any atom is -0.314 e. The summed E-state index contributed by atoms with van der Waals surface area (Å²) in [6, 6.07) is 15.0. The molecule has 1 aliphatic rings. The van der Waals surface area contributed by atoms with E-state index in [9.17, 15) is 0 Å². The molecule has 0 bridgehead atoms. The van der Waals surface area contributed by atoms with Crippen molar-refractivity contribution in [2.75, 3.05) is 0 Å². The van der Waals surface area contributed by atoms with Crippen molar-refractivity contribution in [3.8, 4) is 0 Å². The van der Waals surface area contributed by atoms with Gasteiger partial charge >= 0.3 is 0 Å². The van der Waals surface area contributed by atoms with Crippen molar-refractivity contribution >= 4 is 27.5 Å². The number of imidazole rings is 1. The van der Waals surface area contributed by atoms with Crippen LogP contribution in [-0.4, -0.2) is 9.55 Å². The summed E-state index contributed by atoms with van der Waals surface area (Å²) < 4.78 is 3.03. The number of hydrogen-bond acceptors (Lipinski definition) is 1. The molecule has 2 nitrogen and oxygen atoms in total. The summed E-state index contributed by atoms with van der Waals surface area (Å²) in [5.74, 6) is 0. The molecule has 1 unspecified atom stereocenters. The number of benzene rings is 2. The first-order valence-electron chi connectivity index (χ1n) is 8.29. The molecule has 0 fully saturated rings. The van der Waals surface area contributed by atoms with Gasteiger partial charge in [0, 0.05) is 17.4 Å². The van der Waals surface area contributed by atoms with Crippen LogP contribution in [0, 0.1) is 0 Å². The fourth-order valence-corrected chi connectivity index (χ4v) is 4.43. The average molecular weight is 402 g/mol. The second kappa shape index (κ2) is 6.73. The van der Waals surface area contributed by atoms with Crippen molar-refractivity contribution in [1.82, 2.24) is 9.55 Å². The highest BCUT2D eigenvalue weighted by Crippen LogP contribution is 2.38. The van der Waals surface area contributed by atoms with Crippen molar-refractivity contribution in [1.29, 1.82) is 0 Å². The molecule has 0 spiro atoms. The Morgan fingerprint density at radius 1 is 1.00 bits per heavy atom. The zero-order valence-electron chi connectivity index (χ0n) is 13.3. The zero-order valence-corrected chi connectivity index (χ0v) is 15.6. The van der Waals surface area contributed by atoms with Crippen LogP contribution in [0.1, 0.15) is 41.1 Å². The molecular weight excluding hydrogens is 384 g/mol. The van der Waals surface area contributed by atoms with Crippen molar-refractivity contribution in [2.24, 2.45) is 0 Å². The van der Waals surface area contributed by atoms with Gasteiger partial charge in [-0.05, 0) is 69.9 Å². The van der Waals surface area contributed by atoms with Crippen LogP contribution < -0.4 is 0 Å². The van der Waals surface area contributed by atoms with E-state index in [4.69, 9.17) is 11.6 Å². The molecule has 2 aromatic carbocycles. The summed E-state index contributed by atoms with van der Waals surface area (Å²) in [5.41, 5.74) is 5.34. The summed E-state index contributed by atoms with van der Waals surface area (Å²) in [5, 5.41) is 0.907. The van der Waals surface area contributed by atoms with Gasteiger partial charge in [0.2, 0.25) is 0 Å². The summed E-state index contributed by atoms with van der Waals surface area (Å²) in [6.07, 6.45) is 8.50. The lowest BCUT2D eigenvalue weighted by Gasteiger charge is -2.27. The first-order chi connectivity index (χ1) is 11.8. The molecule has 1 heterocycles. The third-order valence-corrected chi connectivity index (χ3v) is 5.79. The van der Waals surface area contributed by atoms with Gasteiger partial charge in [-0.25, -0.2) is 4.98 Å². The van der Waals surface area contributed by atoms with E-state index in [-0.39, 0.29) is 6.04 Å². The molecule has 0 saturated heterocycles. The number of rotatable bonds is 3. The maximum Gasteiger partial charge on any atom is 0.177 e. The van der Waals surface area contributed by atoms with Gasteiger partial charge in [-0.3, -0.25) is 0 Å². The van der Waals surface area contributed by atoms with E-state index in [2.05, 4.69) is 67.9 Å². The Hall–Kier alpha value is -1.58. The molecule has 0 amide bonds. The second-order valence-electron chi connectivity index (χ2n) is 6.22. The van der Waals surface area contributed by atoms with Crippen molar-refractivity contribution in [2.45, 2.75) is 31.7 Å². The number of nitrogens with zero attached hydrogens (tertiary/aromatic N) is 2. The predicted molar refractivity (Wildman–Crippen MR) is 102 cm³/mol. The Labute approximate surface area is 155 Å². The summed E-state index contributed by atoms with van der Waals surface area (Å²) in [4.78, 5) is 4.37. The van der Waals surface area contributed by atoms with Gasteiger partial charge in [-0.2, -0.15) is 0 Å². The topological polar surface area (TPSA) is 17.8 Å². The molecular formula is C20H18BrClN2. The van der Waals surface area contributed by atoms with Gasteiger partial charge < -0.3 is 4.57 Å². The average Bonchev–Trinajstić information content (AvgIpc) is 3.04. The van der Waals surface area contributed by atoms with Gasteiger partial charge in [0.05, 0.1) is 6.04 Å². The van der Waals surface area contributed by atoms with Crippen LogP contribution in [0.25, 0.3) is 0 Å². The molecule has 4 heteroatoms. The third kappa shape index (κ3) is 2.80. The first kappa shape index (κ1) is 15.9. The van der Waals surface area contributed by atoms with Gasteiger partial charge in [0.1, 0.15) is 0 Å². The highest BCUT2D eigenvalue weighted by Gasteiger charge is 2.25. The minimum atomic E-state index is 0.104. The van der Waals surface area contributed by atoms with E-state index in [0.717, 1.165) is 22.6 Å². The van der Waals surface area contributed by atoms with E-state index < -0.39 is 0 Å². The summed E-state index contributed by atoms with van der Waals surface area (Å²) in [7, 11) is 0. The van der Waals surface area contributed by atoms with Crippen LogP contribution in [0.3, 0.4) is 0 Å². The van der Waals surface area contributed by atoms with Crippen LogP contribution in [-0.2, 0) is 12.8 Å². The fourth-order valence-electron chi connectivity index (χ4n) is 3.72. The lowest BCUT2D eigenvalue weighted by Crippen LogP contribution is -2.17. The molecule has 1 aliphatic carbocycles. The molecule has 1 aromatic heterocycles. The minimum absolute atomic E-state index is 0.104. The van der Waals surface area contributed by atoms with Crippen molar-refractivity contribution in [3.63, 3.8) is 0 Å². The highest BCUT2D eigenvalue weighted by atomic mass is 79.9. The standard InChI is InChI=1S/C20H18BrClN2/c21-20-23-12-13-24(20)19(14-6-2-1-3-7-14)17-10-11-18(22)16-9-5-4-8-15(16)17/h1-3,6-7,10-13,19H,4-5,8-9H2. The van der Waals surface area contributed by atoms with E-state index in [0.29, 0.717) is 0 Å². The van der Waals surface area contributed by atoms with Crippen molar-refractivity contribution < 1.29 is 0 Å². The fraction of sp³-hybridized carbons (Fsp3) is 0.250. The number of halogens is 2. The van der Waals surface area contributed by atoms with Crippen LogP contribution in [0.4, 0.5) is 0 Å². The Balaban J connectivity index is 1.94. The summed E-state index contributed by atoms with van der Waals surface area (Å²) >= 11 is 10.1. The number of hydrogen-bond donors (Lipinski definition) is 0. The molecule has 3 aromatic rings. The van der Waals surface area contributed by atoms with E-state index in [1.807, 2.05) is 12.4 Å². The lowest BCUT2D eigenvalue weighted by atomic mass is 9.84. The molecule has 0 radical (unpaired) electrons. The Bertz CT molecular complexity index is 857. The Kier molecular flexibility index (Phi) is 4.47. The Morgan fingerprint density at radius 2 is 1.75 bits per heavy atom. The van der Waals surface area contributed by atoms with Crippen LogP contribution in [0.5, 0.6) is 0 Å². The number of aromatic nitrogens is 2. The lowest BCUT2D eigenvalue weighted by molar-refractivity contribution is 0.627. The quantitative estimate of drug-likeness (QED) is 0.541. The highest BCUT2D eigenvalue weighted by molar-refractivity contribution is 9.10. The van der Waals surface area contributed by atoms with E-state index in [1.54, 1.807) is 0 Å². The van der Waals surface area contributed by atoms with Gasteiger partial charge in [0.15, 0.2) is 4.73 Å². The SMILES string of the molecule is Clc1ccc(C(c2ccccc2)n2ccnc2Br)c2c1CCCC2. The molecule has 24 heavy (non-hydrogen) atoms. The van der Waals surface area contributed by atoms with Gasteiger partial charge in [-0.1, -0.05) is 48.0 Å². The van der Waals surface area contributed by atoms with Gasteiger partial charge in [0.25, 0.3) is 0 Å². The summed E-state index contributed by atoms with van der Waals surface area (Å²) in [6.45, 7) is 0. The van der Waals surface area contributed by atoms with E-state index in [1.165, 1.54) is 35.1 Å². The largest absolute Gasteiger partial charge is 0.314 e. The zero-order chi connectivity index (χ0) is 16.5. The van der Waals surface area contributed by atoms with E-state index >= 15 is 0 Å². The molecule has 0 aliphatic heterocycles. The molecule has 0 saturated carbocycles. The maximum absolute atomic E-state index is 6.49. The molecule has 0 N–H and O–H groups in total. The first-order valence-corrected chi connectivity index (χ1v) is 9.46.